The fourth-order valence-electron chi connectivity index (χ4n) is 9.82. The third kappa shape index (κ3) is 7.80. The van der Waals surface area contributed by atoms with Crippen molar-refractivity contribution in [3.05, 3.63) is 11.6 Å². The van der Waals surface area contributed by atoms with Crippen LogP contribution in [-0.2, 0) is 14.6 Å². The number of allylic oxidation sites excluding steroid dienone is 1. The van der Waals surface area contributed by atoms with Crippen molar-refractivity contribution in [3.63, 3.8) is 0 Å². The molecular weight excluding hydrogens is 524 g/mol. The van der Waals surface area contributed by atoms with Crippen LogP contribution in [-0.4, -0.2) is 50.8 Å². The Kier molecular flexibility index (Phi) is 12.4. The lowest BCUT2D eigenvalue weighted by atomic mass is 9.47. The summed E-state index contributed by atoms with van der Waals surface area (Å²) in [6.07, 6.45) is 17.4. The lowest BCUT2D eigenvalue weighted by Gasteiger charge is -2.58. The Morgan fingerprint density at radius 2 is 1.79 bits per heavy atom. The molecule has 0 bridgehead atoms. The van der Waals surface area contributed by atoms with E-state index in [-0.39, 0.29) is 11.5 Å². The van der Waals surface area contributed by atoms with Crippen LogP contribution in [0, 0.1) is 46.3 Å². The summed E-state index contributed by atoms with van der Waals surface area (Å²) >= 11 is 0. The van der Waals surface area contributed by atoms with Crippen molar-refractivity contribution in [2.45, 2.75) is 124 Å². The molecule has 42 heavy (non-hydrogen) atoms. The molecule has 4 rings (SSSR count). The second-order valence-electron chi connectivity index (χ2n) is 15.4. The van der Waals surface area contributed by atoms with Crippen molar-refractivity contribution in [3.8, 4) is 0 Å². The van der Waals surface area contributed by atoms with Crippen LogP contribution in [0.25, 0.3) is 0 Å². The highest BCUT2D eigenvalue weighted by Crippen LogP contribution is 2.67. The van der Waals surface area contributed by atoms with Crippen LogP contribution in [0.4, 0.5) is 0 Å². The van der Waals surface area contributed by atoms with Gasteiger partial charge in [-0.1, -0.05) is 65.5 Å². The number of hydrogen-bond donors (Lipinski definition) is 4. The van der Waals surface area contributed by atoms with E-state index in [4.69, 9.17) is 21.2 Å². The molecule has 0 aromatic rings. The van der Waals surface area contributed by atoms with Crippen LogP contribution in [0.1, 0.15) is 112 Å². The van der Waals surface area contributed by atoms with Crippen molar-refractivity contribution in [1.29, 1.82) is 0 Å². The average Bonchev–Trinajstić information content (AvgIpc) is 3.32. The number of carbonyl (C=O) groups is 1. The lowest BCUT2D eigenvalue weighted by molar-refractivity contribution is -0.303. The molecular formula is C35H64N4O3. The molecule has 0 saturated heterocycles. The van der Waals surface area contributed by atoms with E-state index in [2.05, 4.69) is 51.3 Å². The number of carbonyl (C=O) groups excluding carboxylic acids is 1. The first-order valence-electron chi connectivity index (χ1n) is 17.5. The number of hydrogen-bond acceptors (Lipinski definition) is 7. The van der Waals surface area contributed by atoms with Crippen LogP contribution < -0.4 is 22.1 Å². The molecule has 3 saturated carbocycles. The Bertz CT molecular complexity index is 895. The van der Waals surface area contributed by atoms with E-state index in [0.29, 0.717) is 18.5 Å². The fraction of sp³-hybridized carbons (Fsp3) is 0.914. The van der Waals surface area contributed by atoms with Gasteiger partial charge in [0.05, 0.1) is 0 Å². The molecule has 0 aromatic carbocycles. The summed E-state index contributed by atoms with van der Waals surface area (Å²) in [7, 11) is 0. The second-order valence-corrected chi connectivity index (χ2v) is 15.4. The van der Waals surface area contributed by atoms with Crippen molar-refractivity contribution in [1.82, 2.24) is 10.6 Å². The largest absolute Gasteiger partial charge is 0.360 e. The highest BCUT2D eigenvalue weighted by Gasteiger charge is 2.59. The van der Waals surface area contributed by atoms with E-state index < -0.39 is 12.0 Å². The first-order valence-corrected chi connectivity index (χ1v) is 17.5. The lowest BCUT2D eigenvalue weighted by Crippen LogP contribution is -2.51. The van der Waals surface area contributed by atoms with Crippen LogP contribution in [0.5, 0.6) is 0 Å². The Morgan fingerprint density at radius 1 is 1.00 bits per heavy atom. The van der Waals surface area contributed by atoms with Gasteiger partial charge in [-0.3, -0.25) is 4.89 Å². The van der Waals surface area contributed by atoms with Crippen molar-refractivity contribution in [2.75, 3.05) is 32.7 Å². The normalized spacial score (nSPS) is 35.6. The summed E-state index contributed by atoms with van der Waals surface area (Å²) in [5.41, 5.74) is 13.9. The van der Waals surface area contributed by atoms with Crippen molar-refractivity contribution < 1.29 is 14.6 Å². The molecule has 0 aliphatic heterocycles. The standard InChI is InChI=1S/C35H64N4O3/c1-24(2)8-6-9-25(3)29-12-13-30-28-11-10-26-22-27(14-16-34(26,4)31(28)15-17-35(29,30)5)41-42-33(40)32(37)23-39-20-7-19-38-21-18-36/h10,24-25,27-32,38-39H,6-9,11-23,36-37H2,1-5H3/t25-,27+,28+,29-,30+,31+,32?,34+,35-/m1/s1. The Morgan fingerprint density at radius 3 is 2.55 bits per heavy atom. The van der Waals surface area contributed by atoms with Gasteiger partial charge in [-0.05, 0) is 117 Å². The molecule has 0 heterocycles. The smallest absolute Gasteiger partial charge is 0.329 e. The van der Waals surface area contributed by atoms with E-state index in [0.717, 1.165) is 80.8 Å². The third-order valence-electron chi connectivity index (χ3n) is 12.2. The summed E-state index contributed by atoms with van der Waals surface area (Å²) in [6, 6.07) is -0.727. The fourth-order valence-corrected chi connectivity index (χ4v) is 9.82. The molecule has 4 aliphatic carbocycles. The van der Waals surface area contributed by atoms with Gasteiger partial charge in [-0.25, -0.2) is 4.79 Å². The Hall–Kier alpha value is -0.990. The number of fused-ring (bicyclic) bond motifs is 5. The molecule has 7 nitrogen and oxygen atoms in total. The molecule has 1 unspecified atom stereocenters. The van der Waals surface area contributed by atoms with E-state index in [1.54, 1.807) is 5.57 Å². The highest BCUT2D eigenvalue weighted by atomic mass is 17.2. The van der Waals surface area contributed by atoms with Crippen LogP contribution >= 0.6 is 0 Å². The zero-order valence-electron chi connectivity index (χ0n) is 27.6. The molecule has 0 spiro atoms. The minimum atomic E-state index is -0.727. The van der Waals surface area contributed by atoms with Gasteiger partial charge >= 0.3 is 5.97 Å². The van der Waals surface area contributed by atoms with Gasteiger partial charge in [-0.15, -0.1) is 0 Å². The molecule has 0 radical (unpaired) electrons. The number of rotatable bonds is 16. The molecule has 242 valence electrons. The molecule has 7 heteroatoms. The minimum absolute atomic E-state index is 0.0741. The summed E-state index contributed by atoms with van der Waals surface area (Å²) in [4.78, 5) is 23.5. The highest BCUT2D eigenvalue weighted by molar-refractivity contribution is 5.75. The van der Waals surface area contributed by atoms with Crippen LogP contribution in [0.15, 0.2) is 11.6 Å². The summed E-state index contributed by atoms with van der Waals surface area (Å²) in [6.45, 7) is 16.0. The van der Waals surface area contributed by atoms with Gasteiger partial charge in [0, 0.05) is 19.6 Å². The summed E-state index contributed by atoms with van der Waals surface area (Å²) in [5, 5.41) is 6.48. The van der Waals surface area contributed by atoms with Gasteiger partial charge in [0.25, 0.3) is 0 Å². The Labute approximate surface area is 257 Å². The molecule has 0 aromatic heterocycles. The molecule has 6 N–H and O–H groups in total. The zero-order valence-corrected chi connectivity index (χ0v) is 27.6. The van der Waals surface area contributed by atoms with Gasteiger partial charge in [0.15, 0.2) is 0 Å². The quantitative estimate of drug-likeness (QED) is 0.0789. The molecule has 3 fully saturated rings. The average molecular weight is 589 g/mol. The zero-order chi connectivity index (χ0) is 30.3. The molecule has 0 amide bonds. The van der Waals surface area contributed by atoms with E-state index in [1.807, 2.05) is 0 Å². The molecule has 9 atom stereocenters. The number of nitrogens with two attached hydrogens (primary N) is 2. The SMILES string of the molecule is CC(C)CCC[C@@H](C)[C@H]1CC[C@H]2[C@@H]3CC=C4C[C@@H](OOC(=O)C(N)CNCCCNCCN)CC[C@]4(C)[C@H]3CC[C@]12C. The van der Waals surface area contributed by atoms with E-state index in [9.17, 15) is 4.79 Å². The first-order chi connectivity index (χ1) is 20.1. The minimum Gasteiger partial charge on any atom is -0.329 e. The van der Waals surface area contributed by atoms with Crippen molar-refractivity contribution >= 4 is 5.97 Å². The predicted octanol–water partition coefficient (Wildman–Crippen LogP) is 5.73. The second kappa shape index (κ2) is 15.3. The maximum atomic E-state index is 12.5. The molecule has 4 aliphatic rings. The maximum Gasteiger partial charge on any atom is 0.360 e. The van der Waals surface area contributed by atoms with Gasteiger partial charge < -0.3 is 22.1 Å². The van der Waals surface area contributed by atoms with Crippen molar-refractivity contribution in [2.24, 2.45) is 57.8 Å². The topological polar surface area (TPSA) is 112 Å². The van der Waals surface area contributed by atoms with Gasteiger partial charge in [-0.2, -0.15) is 4.89 Å². The summed E-state index contributed by atoms with van der Waals surface area (Å²) < 4.78 is 0. The monoisotopic (exact) mass is 588 g/mol. The maximum absolute atomic E-state index is 12.5. The van der Waals surface area contributed by atoms with Gasteiger partial charge in [0.1, 0.15) is 12.1 Å². The first kappa shape index (κ1) is 33.9. The Balaban J connectivity index is 1.25. The van der Waals surface area contributed by atoms with E-state index >= 15 is 0 Å². The third-order valence-corrected chi connectivity index (χ3v) is 12.2. The van der Waals surface area contributed by atoms with Gasteiger partial charge in [0.2, 0.25) is 0 Å². The van der Waals surface area contributed by atoms with Crippen LogP contribution in [0.2, 0.25) is 0 Å². The predicted molar refractivity (Wildman–Crippen MR) is 171 cm³/mol. The van der Waals surface area contributed by atoms with Crippen LogP contribution in [0.3, 0.4) is 0 Å². The summed E-state index contributed by atoms with van der Waals surface area (Å²) in [5.74, 6) is 4.55. The number of nitrogens with one attached hydrogen (secondary N) is 2. The van der Waals surface area contributed by atoms with E-state index in [1.165, 1.54) is 51.4 Å².